The fourth-order valence-corrected chi connectivity index (χ4v) is 2.04. The van der Waals surface area contributed by atoms with Crippen LogP contribution in [-0.2, 0) is 6.18 Å². The summed E-state index contributed by atoms with van der Waals surface area (Å²) < 4.78 is 42.4. The SMILES string of the molecule is COc1c(C(F)(F)F)ccc(C(C)=O)c1Br. The van der Waals surface area contributed by atoms with Gasteiger partial charge in [-0.2, -0.15) is 13.2 Å². The highest BCUT2D eigenvalue weighted by atomic mass is 79.9. The fourth-order valence-electron chi connectivity index (χ4n) is 1.25. The maximum atomic E-state index is 12.6. The lowest BCUT2D eigenvalue weighted by Gasteiger charge is -2.14. The molecule has 0 amide bonds. The van der Waals surface area contributed by atoms with Gasteiger partial charge in [0.15, 0.2) is 5.78 Å². The van der Waals surface area contributed by atoms with Gasteiger partial charge in [0.1, 0.15) is 5.75 Å². The first-order valence-electron chi connectivity index (χ1n) is 4.23. The maximum Gasteiger partial charge on any atom is 0.420 e. The second-order valence-electron chi connectivity index (χ2n) is 3.06. The van der Waals surface area contributed by atoms with Gasteiger partial charge in [-0.25, -0.2) is 0 Å². The minimum atomic E-state index is -4.51. The lowest BCUT2D eigenvalue weighted by atomic mass is 10.1. The zero-order valence-electron chi connectivity index (χ0n) is 8.48. The van der Waals surface area contributed by atoms with Gasteiger partial charge in [-0.3, -0.25) is 4.79 Å². The van der Waals surface area contributed by atoms with E-state index in [1.807, 2.05) is 0 Å². The van der Waals surface area contributed by atoms with Crippen LogP contribution >= 0.6 is 15.9 Å². The predicted octanol–water partition coefficient (Wildman–Crippen LogP) is 3.68. The molecule has 0 saturated carbocycles. The van der Waals surface area contributed by atoms with Crippen molar-refractivity contribution in [3.8, 4) is 5.75 Å². The molecule has 0 unspecified atom stereocenters. The Morgan fingerprint density at radius 1 is 1.38 bits per heavy atom. The van der Waals surface area contributed by atoms with Crippen LogP contribution in [0, 0.1) is 0 Å². The first kappa shape index (κ1) is 13.0. The topological polar surface area (TPSA) is 26.3 Å². The Bertz CT molecular complexity index is 427. The summed E-state index contributed by atoms with van der Waals surface area (Å²) in [7, 11) is 1.12. The highest BCUT2D eigenvalue weighted by Gasteiger charge is 2.35. The number of alkyl halides is 3. The largest absolute Gasteiger partial charge is 0.495 e. The van der Waals surface area contributed by atoms with E-state index in [9.17, 15) is 18.0 Å². The molecule has 0 spiro atoms. The number of hydrogen-bond donors (Lipinski definition) is 0. The minimum absolute atomic E-state index is 0.0253. The van der Waals surface area contributed by atoms with Crippen molar-refractivity contribution in [2.45, 2.75) is 13.1 Å². The van der Waals surface area contributed by atoms with Crippen molar-refractivity contribution in [1.82, 2.24) is 0 Å². The Hall–Kier alpha value is -1.04. The van der Waals surface area contributed by atoms with Crippen LogP contribution in [-0.4, -0.2) is 12.9 Å². The monoisotopic (exact) mass is 296 g/mol. The van der Waals surface area contributed by atoms with Gasteiger partial charge in [0.25, 0.3) is 0 Å². The zero-order valence-corrected chi connectivity index (χ0v) is 10.1. The molecule has 0 aliphatic heterocycles. The molecule has 0 aliphatic rings. The van der Waals surface area contributed by atoms with Crippen molar-refractivity contribution in [3.63, 3.8) is 0 Å². The van der Waals surface area contributed by atoms with E-state index in [1.54, 1.807) is 0 Å². The number of carbonyl (C=O) groups is 1. The highest BCUT2D eigenvalue weighted by molar-refractivity contribution is 9.10. The zero-order chi connectivity index (χ0) is 12.5. The third-order valence-corrected chi connectivity index (χ3v) is 2.77. The van der Waals surface area contributed by atoms with Gasteiger partial charge >= 0.3 is 6.18 Å². The van der Waals surface area contributed by atoms with Crippen LogP contribution in [0.2, 0.25) is 0 Å². The summed E-state index contributed by atoms with van der Waals surface area (Å²) in [6, 6.07) is 1.96. The smallest absolute Gasteiger partial charge is 0.420 e. The average Bonchev–Trinajstić information content (AvgIpc) is 2.15. The summed E-state index contributed by atoms with van der Waals surface area (Å²) in [6.45, 7) is 1.27. The van der Waals surface area contributed by atoms with E-state index in [0.29, 0.717) is 0 Å². The van der Waals surface area contributed by atoms with Crippen LogP contribution < -0.4 is 4.74 Å². The lowest BCUT2D eigenvalue weighted by Crippen LogP contribution is -2.09. The third kappa shape index (κ3) is 2.37. The quantitative estimate of drug-likeness (QED) is 0.778. The van der Waals surface area contributed by atoms with Gasteiger partial charge in [-0.1, -0.05) is 0 Å². The second-order valence-corrected chi connectivity index (χ2v) is 3.85. The second kappa shape index (κ2) is 4.45. The van der Waals surface area contributed by atoms with Crippen molar-refractivity contribution < 1.29 is 22.7 Å². The van der Waals surface area contributed by atoms with Gasteiger partial charge in [0, 0.05) is 5.56 Å². The van der Waals surface area contributed by atoms with Crippen LogP contribution in [0.5, 0.6) is 5.75 Å². The van der Waals surface area contributed by atoms with Gasteiger partial charge in [0.05, 0.1) is 17.1 Å². The Morgan fingerprint density at radius 2 is 1.94 bits per heavy atom. The average molecular weight is 297 g/mol. The molecule has 88 valence electrons. The number of ketones is 1. The number of hydrogen-bond acceptors (Lipinski definition) is 2. The Balaban J connectivity index is 3.47. The third-order valence-electron chi connectivity index (χ3n) is 1.99. The normalized spacial score (nSPS) is 11.4. The van der Waals surface area contributed by atoms with Crippen LogP contribution in [0.25, 0.3) is 0 Å². The molecule has 2 nitrogen and oxygen atoms in total. The van der Waals surface area contributed by atoms with Crippen molar-refractivity contribution in [2.24, 2.45) is 0 Å². The molecule has 0 bridgehead atoms. The lowest BCUT2D eigenvalue weighted by molar-refractivity contribution is -0.138. The Morgan fingerprint density at radius 3 is 2.31 bits per heavy atom. The Labute approximate surface area is 98.5 Å². The fraction of sp³-hybridized carbons (Fsp3) is 0.300. The molecule has 16 heavy (non-hydrogen) atoms. The van der Waals surface area contributed by atoms with Gasteiger partial charge in [0.2, 0.25) is 0 Å². The molecular formula is C10H8BrF3O2. The minimum Gasteiger partial charge on any atom is -0.495 e. The number of rotatable bonds is 2. The number of methoxy groups -OCH3 is 1. The Kier molecular flexibility index (Phi) is 3.62. The predicted molar refractivity (Wildman–Crippen MR) is 55.7 cm³/mol. The van der Waals surface area contributed by atoms with Gasteiger partial charge in [-0.05, 0) is 35.0 Å². The molecule has 0 atom stereocenters. The molecule has 0 N–H and O–H groups in total. The van der Waals surface area contributed by atoms with Crippen molar-refractivity contribution in [1.29, 1.82) is 0 Å². The first-order chi connectivity index (χ1) is 7.29. The number of halogens is 4. The van der Waals surface area contributed by atoms with Crippen LogP contribution in [0.4, 0.5) is 13.2 Å². The first-order valence-corrected chi connectivity index (χ1v) is 5.03. The van der Waals surface area contributed by atoms with E-state index < -0.39 is 11.7 Å². The summed E-state index contributed by atoms with van der Waals surface area (Å²) in [5.74, 6) is -0.709. The summed E-state index contributed by atoms with van der Waals surface area (Å²) >= 11 is 2.94. The molecule has 0 fully saturated rings. The molecule has 0 saturated heterocycles. The summed E-state index contributed by atoms with van der Waals surface area (Å²) in [4.78, 5) is 11.1. The van der Waals surface area contributed by atoms with Gasteiger partial charge < -0.3 is 4.74 Å². The number of ether oxygens (including phenoxy) is 1. The van der Waals surface area contributed by atoms with Crippen LogP contribution in [0.1, 0.15) is 22.8 Å². The van der Waals surface area contributed by atoms with Gasteiger partial charge in [-0.15, -0.1) is 0 Å². The van der Waals surface area contributed by atoms with Crippen LogP contribution in [0.3, 0.4) is 0 Å². The summed E-state index contributed by atoms with van der Waals surface area (Å²) in [5.41, 5.74) is -0.753. The standard InChI is InChI=1S/C10H8BrF3O2/c1-5(15)6-3-4-7(10(12,13)14)9(16-2)8(6)11/h3-4H,1-2H3. The number of carbonyl (C=O) groups excluding carboxylic acids is 1. The number of Topliss-reactive ketones (excluding diaryl/α,β-unsaturated/α-hetero) is 1. The van der Waals surface area contributed by atoms with Crippen molar-refractivity contribution >= 4 is 21.7 Å². The molecule has 1 aromatic carbocycles. The van der Waals surface area contributed by atoms with E-state index in [0.717, 1.165) is 19.2 Å². The van der Waals surface area contributed by atoms with Crippen molar-refractivity contribution in [3.05, 3.63) is 27.7 Å². The molecule has 0 aliphatic carbocycles. The summed E-state index contributed by atoms with van der Waals surface area (Å²) in [5, 5.41) is 0. The summed E-state index contributed by atoms with van der Waals surface area (Å²) in [6.07, 6.45) is -4.51. The molecule has 0 heterocycles. The van der Waals surface area contributed by atoms with Crippen molar-refractivity contribution in [2.75, 3.05) is 7.11 Å². The van der Waals surface area contributed by atoms with E-state index in [4.69, 9.17) is 0 Å². The van der Waals surface area contributed by atoms with E-state index in [-0.39, 0.29) is 21.6 Å². The molecule has 0 radical (unpaired) electrons. The maximum absolute atomic E-state index is 12.6. The van der Waals surface area contributed by atoms with E-state index in [1.165, 1.54) is 6.92 Å². The van der Waals surface area contributed by atoms with Crippen LogP contribution in [0.15, 0.2) is 16.6 Å². The molecule has 1 aromatic rings. The molecular weight excluding hydrogens is 289 g/mol. The molecule has 0 aromatic heterocycles. The molecule has 6 heteroatoms. The van der Waals surface area contributed by atoms with E-state index >= 15 is 0 Å². The highest BCUT2D eigenvalue weighted by Crippen LogP contribution is 2.41. The number of benzene rings is 1. The van der Waals surface area contributed by atoms with E-state index in [2.05, 4.69) is 20.7 Å². The molecule has 1 rings (SSSR count).